The van der Waals surface area contributed by atoms with Crippen molar-refractivity contribution in [2.45, 2.75) is 39.5 Å². The Morgan fingerprint density at radius 2 is 2.29 bits per heavy atom. The summed E-state index contributed by atoms with van der Waals surface area (Å²) in [6.07, 6.45) is 12.1. The van der Waals surface area contributed by atoms with Gasteiger partial charge in [-0.3, -0.25) is 11.0 Å². The van der Waals surface area contributed by atoms with Crippen molar-refractivity contribution in [1.82, 2.24) is 0 Å². The molecule has 1 aliphatic rings. The summed E-state index contributed by atoms with van der Waals surface area (Å²) in [5.74, 6) is 1.48. The normalized spacial score (nSPS) is 18.2. The quantitative estimate of drug-likeness (QED) is 0.356. The van der Waals surface area contributed by atoms with Gasteiger partial charge in [-0.25, -0.2) is 6.08 Å². The van der Waals surface area contributed by atoms with Crippen LogP contribution in [0.5, 0.6) is 0 Å². The van der Waals surface area contributed by atoms with Gasteiger partial charge in [0.1, 0.15) is 0 Å². The van der Waals surface area contributed by atoms with Crippen LogP contribution in [0.15, 0.2) is 35.6 Å². The smallest absolute Gasteiger partial charge is 0.282 e. The van der Waals surface area contributed by atoms with E-state index in [4.69, 9.17) is 11.0 Å². The fourth-order valence-corrected chi connectivity index (χ4v) is 1.80. The second kappa shape index (κ2) is 7.86. The maximum Gasteiger partial charge on any atom is 0.282 e. The molecule has 0 aromatic carbocycles. The minimum Gasteiger partial charge on any atom is -0.292 e. The SMILES string of the molecule is [CH-]=CC1=CC=C=CC1=[O+]CC(CC)CCCC. The van der Waals surface area contributed by atoms with Crippen molar-refractivity contribution in [3.63, 3.8) is 0 Å². The molecule has 0 spiro atoms. The lowest BCUT2D eigenvalue weighted by atomic mass is 10.0. The van der Waals surface area contributed by atoms with Gasteiger partial charge < -0.3 is 0 Å². The van der Waals surface area contributed by atoms with Gasteiger partial charge in [0.2, 0.25) is 0 Å². The highest BCUT2D eigenvalue weighted by atomic mass is 16.4. The Morgan fingerprint density at radius 3 is 2.94 bits per heavy atom. The highest BCUT2D eigenvalue weighted by Crippen LogP contribution is 2.13. The third-order valence-corrected chi connectivity index (χ3v) is 3.06. The van der Waals surface area contributed by atoms with E-state index >= 15 is 0 Å². The molecule has 0 N–H and O–H groups in total. The predicted molar refractivity (Wildman–Crippen MR) is 72.8 cm³/mol. The number of ketones is 1. The van der Waals surface area contributed by atoms with E-state index in [2.05, 4.69) is 19.6 Å². The molecular weight excluding hydrogens is 208 g/mol. The van der Waals surface area contributed by atoms with Crippen molar-refractivity contribution in [3.8, 4) is 0 Å². The number of hydrogen-bond donors (Lipinski definition) is 0. The first-order chi connectivity index (χ1) is 8.31. The first-order valence-corrected chi connectivity index (χ1v) is 6.49. The maximum absolute atomic E-state index is 5.84. The average molecular weight is 230 g/mol. The highest BCUT2D eigenvalue weighted by Gasteiger charge is 2.13. The molecule has 1 atom stereocenters. The van der Waals surface area contributed by atoms with E-state index in [1.807, 2.05) is 18.2 Å². The molecule has 0 aromatic heterocycles. The van der Waals surface area contributed by atoms with Crippen LogP contribution in [0.2, 0.25) is 0 Å². The molecule has 1 unspecified atom stereocenters. The summed E-state index contributed by atoms with van der Waals surface area (Å²) in [6.45, 7) is 10.8. The predicted octanol–water partition coefficient (Wildman–Crippen LogP) is 3.95. The Labute approximate surface area is 105 Å². The van der Waals surface area contributed by atoms with Crippen molar-refractivity contribution in [3.05, 3.63) is 42.2 Å². The van der Waals surface area contributed by atoms with E-state index in [9.17, 15) is 0 Å². The standard InChI is InChI=1S/C16H22O/c1-4-7-10-14(5-2)13-17-16-12-9-8-11-15(16)6-3/h3,6,8,11-12,14H,4-5,7,10,13H2,1-2H3. The van der Waals surface area contributed by atoms with Crippen molar-refractivity contribution in [1.29, 1.82) is 0 Å². The van der Waals surface area contributed by atoms with E-state index in [1.165, 1.54) is 19.3 Å². The van der Waals surface area contributed by atoms with Gasteiger partial charge in [0.25, 0.3) is 12.4 Å². The van der Waals surface area contributed by atoms with Crippen molar-refractivity contribution >= 4 is 5.78 Å². The largest absolute Gasteiger partial charge is 0.292 e. The van der Waals surface area contributed by atoms with Gasteiger partial charge in [0, 0.05) is 5.92 Å². The summed E-state index contributed by atoms with van der Waals surface area (Å²) in [4.78, 5) is 0. The summed E-state index contributed by atoms with van der Waals surface area (Å²) < 4.78 is 5.84. The van der Waals surface area contributed by atoms with Gasteiger partial charge in [-0.1, -0.05) is 32.3 Å². The van der Waals surface area contributed by atoms with E-state index in [0.29, 0.717) is 5.92 Å². The van der Waals surface area contributed by atoms with Gasteiger partial charge in [-0.15, -0.1) is 11.8 Å². The molecule has 0 aliphatic heterocycles. The second-order valence-corrected chi connectivity index (χ2v) is 4.36. The zero-order chi connectivity index (χ0) is 12.5. The highest BCUT2D eigenvalue weighted by molar-refractivity contribution is 6.07. The minimum atomic E-state index is 0.640. The molecule has 0 radical (unpaired) electrons. The topological polar surface area (TPSA) is 11.3 Å². The number of carbonyl (C=O) groups excluding carboxylic acids is 1. The van der Waals surface area contributed by atoms with Crippen LogP contribution in [-0.2, 0) is 4.42 Å². The van der Waals surface area contributed by atoms with Crippen LogP contribution in [0.3, 0.4) is 0 Å². The van der Waals surface area contributed by atoms with E-state index in [0.717, 1.165) is 24.4 Å². The first-order valence-electron chi connectivity index (χ1n) is 6.49. The molecule has 0 bridgehead atoms. The Morgan fingerprint density at radius 1 is 1.47 bits per heavy atom. The molecule has 17 heavy (non-hydrogen) atoms. The Hall–Kier alpha value is -1.33. The lowest BCUT2D eigenvalue weighted by molar-refractivity contribution is -0.465. The zero-order valence-corrected chi connectivity index (χ0v) is 10.9. The van der Waals surface area contributed by atoms with Crippen LogP contribution in [0.1, 0.15) is 39.5 Å². The lowest BCUT2D eigenvalue weighted by Crippen LogP contribution is -2.11. The molecule has 0 aromatic rings. The van der Waals surface area contributed by atoms with Gasteiger partial charge in [-0.2, -0.15) is 0 Å². The second-order valence-electron chi connectivity index (χ2n) is 4.36. The van der Waals surface area contributed by atoms with Gasteiger partial charge in [-0.05, 0) is 18.9 Å². The van der Waals surface area contributed by atoms with Gasteiger partial charge >= 0.3 is 0 Å². The fourth-order valence-electron chi connectivity index (χ4n) is 1.80. The minimum absolute atomic E-state index is 0.640. The number of hydrogen-bond acceptors (Lipinski definition) is 0. The third-order valence-electron chi connectivity index (χ3n) is 3.06. The lowest BCUT2D eigenvalue weighted by Gasteiger charge is -2.07. The van der Waals surface area contributed by atoms with Crippen LogP contribution < -0.4 is 0 Å². The average Bonchev–Trinajstić information content (AvgIpc) is 2.39. The van der Waals surface area contributed by atoms with Gasteiger partial charge in [0.05, 0.1) is 6.08 Å². The molecule has 0 amide bonds. The van der Waals surface area contributed by atoms with Gasteiger partial charge in [0.15, 0.2) is 0 Å². The molecule has 1 nitrogen and oxygen atoms in total. The van der Waals surface area contributed by atoms with Crippen LogP contribution in [-0.4, -0.2) is 12.4 Å². The molecule has 0 heterocycles. The maximum atomic E-state index is 5.84. The third kappa shape index (κ3) is 4.58. The van der Waals surface area contributed by atoms with Crippen molar-refractivity contribution in [2.24, 2.45) is 5.92 Å². The summed E-state index contributed by atoms with van der Waals surface area (Å²) in [7, 11) is 0. The number of unbranched alkanes of at least 4 members (excludes halogenated alkanes) is 1. The molecular formula is C16H22O. The summed E-state index contributed by atoms with van der Waals surface area (Å²) in [5.41, 5.74) is 3.96. The Kier molecular flexibility index (Phi) is 6.35. The van der Waals surface area contributed by atoms with E-state index in [-0.39, 0.29) is 0 Å². The molecule has 0 saturated carbocycles. The van der Waals surface area contributed by atoms with Crippen LogP contribution in [0.4, 0.5) is 0 Å². The zero-order valence-electron chi connectivity index (χ0n) is 10.9. The van der Waals surface area contributed by atoms with Crippen LogP contribution in [0.25, 0.3) is 0 Å². The molecule has 0 fully saturated rings. The number of rotatable bonds is 7. The summed E-state index contributed by atoms with van der Waals surface area (Å²) in [5, 5.41) is 0. The Balaban J connectivity index is 2.59. The monoisotopic (exact) mass is 230 g/mol. The molecule has 1 aliphatic carbocycles. The van der Waals surface area contributed by atoms with E-state index in [1.54, 1.807) is 6.08 Å². The molecule has 92 valence electrons. The van der Waals surface area contributed by atoms with Crippen LogP contribution in [0, 0.1) is 12.5 Å². The fraction of sp³-hybridized carbons (Fsp3) is 0.500. The van der Waals surface area contributed by atoms with Crippen molar-refractivity contribution < 1.29 is 4.42 Å². The van der Waals surface area contributed by atoms with Crippen LogP contribution >= 0.6 is 0 Å². The summed E-state index contributed by atoms with van der Waals surface area (Å²) in [6, 6.07) is 0. The summed E-state index contributed by atoms with van der Waals surface area (Å²) >= 11 is 0. The Bertz CT molecular complexity index is 365. The number of allylic oxidation sites excluding steroid dienone is 4. The van der Waals surface area contributed by atoms with E-state index < -0.39 is 0 Å². The molecule has 1 heteroatoms. The molecule has 1 rings (SSSR count). The van der Waals surface area contributed by atoms with Crippen molar-refractivity contribution in [2.75, 3.05) is 6.61 Å². The first kappa shape index (κ1) is 13.7. The molecule has 0 saturated heterocycles.